The van der Waals surface area contributed by atoms with Crippen LogP contribution in [0.3, 0.4) is 0 Å². The van der Waals surface area contributed by atoms with E-state index in [1.807, 2.05) is 12.1 Å². The van der Waals surface area contributed by atoms with Gasteiger partial charge in [0.25, 0.3) is 0 Å². The van der Waals surface area contributed by atoms with Gasteiger partial charge in [-0.15, -0.1) is 22.7 Å². The fraction of sp³-hybridized carbons (Fsp3) is 0.143. The van der Waals surface area contributed by atoms with E-state index in [2.05, 4.69) is 47.1 Å². The first-order valence-electron chi connectivity index (χ1n) is 5.57. The van der Waals surface area contributed by atoms with Crippen LogP contribution in [0.2, 0.25) is 0 Å². The summed E-state index contributed by atoms with van der Waals surface area (Å²) in [6.07, 6.45) is -0.532. The number of hydrogen-bond donors (Lipinski definition) is 1. The Balaban J connectivity index is 2.06. The topological polar surface area (TPSA) is 20.2 Å². The number of halogens is 1. The Morgan fingerprint density at radius 1 is 1.17 bits per heavy atom. The molecule has 0 bridgehead atoms. The molecule has 0 saturated heterocycles. The van der Waals surface area contributed by atoms with E-state index in [4.69, 9.17) is 0 Å². The molecule has 0 radical (unpaired) electrons. The van der Waals surface area contributed by atoms with Gasteiger partial charge in [0.1, 0.15) is 6.10 Å². The Hall–Kier alpha value is -0.680. The van der Waals surface area contributed by atoms with E-state index in [1.54, 1.807) is 22.7 Å². The minimum Gasteiger partial charge on any atom is -0.382 e. The lowest BCUT2D eigenvalue weighted by atomic mass is 10.2. The third kappa shape index (κ3) is 2.14. The normalized spacial score (nSPS) is 13.1. The summed E-state index contributed by atoms with van der Waals surface area (Å²) in [6, 6.07) is 12.3. The van der Waals surface area contributed by atoms with Gasteiger partial charge in [-0.25, -0.2) is 0 Å². The van der Waals surface area contributed by atoms with E-state index in [0.717, 1.165) is 14.2 Å². The van der Waals surface area contributed by atoms with Crippen LogP contribution in [0, 0.1) is 6.92 Å². The number of thiophene rings is 2. The molecule has 4 heteroatoms. The van der Waals surface area contributed by atoms with Gasteiger partial charge < -0.3 is 5.11 Å². The quantitative estimate of drug-likeness (QED) is 0.687. The van der Waals surface area contributed by atoms with Crippen LogP contribution in [0.15, 0.2) is 40.9 Å². The molecular formula is C14H11BrOS2. The summed E-state index contributed by atoms with van der Waals surface area (Å²) in [5, 5.41) is 11.7. The summed E-state index contributed by atoms with van der Waals surface area (Å²) in [7, 11) is 0. The summed E-state index contributed by atoms with van der Waals surface area (Å²) in [4.78, 5) is 3.19. The Morgan fingerprint density at radius 3 is 2.61 bits per heavy atom. The van der Waals surface area contributed by atoms with Gasteiger partial charge in [0.15, 0.2) is 0 Å². The van der Waals surface area contributed by atoms with Crippen LogP contribution < -0.4 is 0 Å². The molecule has 2 aromatic heterocycles. The third-order valence-corrected chi connectivity index (χ3v) is 5.99. The van der Waals surface area contributed by atoms with Crippen LogP contribution in [-0.4, -0.2) is 5.11 Å². The molecule has 18 heavy (non-hydrogen) atoms. The zero-order chi connectivity index (χ0) is 12.7. The van der Waals surface area contributed by atoms with Crippen molar-refractivity contribution in [3.8, 4) is 0 Å². The second kappa shape index (κ2) is 4.78. The first kappa shape index (κ1) is 12.4. The van der Waals surface area contributed by atoms with Gasteiger partial charge in [-0.3, -0.25) is 0 Å². The average molecular weight is 339 g/mol. The number of rotatable bonds is 2. The zero-order valence-electron chi connectivity index (χ0n) is 9.68. The van der Waals surface area contributed by atoms with E-state index in [9.17, 15) is 5.11 Å². The second-order valence-corrected chi connectivity index (χ2v) is 7.42. The van der Waals surface area contributed by atoms with E-state index in [0.29, 0.717) is 0 Å². The van der Waals surface area contributed by atoms with Crippen molar-refractivity contribution in [2.75, 3.05) is 0 Å². The number of fused-ring (bicyclic) bond motifs is 1. The molecule has 1 atom stereocenters. The summed E-state index contributed by atoms with van der Waals surface area (Å²) < 4.78 is 2.21. The van der Waals surface area contributed by atoms with Gasteiger partial charge in [-0.1, -0.05) is 18.2 Å². The van der Waals surface area contributed by atoms with Crippen LogP contribution in [0.4, 0.5) is 0 Å². The average Bonchev–Trinajstić information content (AvgIpc) is 2.91. The van der Waals surface area contributed by atoms with Gasteiger partial charge >= 0.3 is 0 Å². The molecule has 1 unspecified atom stereocenters. The van der Waals surface area contributed by atoms with Crippen molar-refractivity contribution in [1.29, 1.82) is 0 Å². The Labute approximate surface area is 122 Å². The maximum absolute atomic E-state index is 10.5. The zero-order valence-corrected chi connectivity index (χ0v) is 12.9. The van der Waals surface area contributed by atoms with Gasteiger partial charge in [0.05, 0.1) is 4.88 Å². The molecule has 0 aliphatic carbocycles. The maximum Gasteiger partial charge on any atom is 0.123 e. The second-order valence-electron chi connectivity index (χ2n) is 4.16. The Bertz CT molecular complexity index is 666. The minimum atomic E-state index is -0.532. The molecule has 0 aliphatic rings. The number of benzene rings is 1. The highest BCUT2D eigenvalue weighted by molar-refractivity contribution is 9.10. The summed E-state index contributed by atoms with van der Waals surface area (Å²) >= 11 is 6.80. The van der Waals surface area contributed by atoms with Crippen molar-refractivity contribution >= 4 is 48.7 Å². The van der Waals surface area contributed by atoms with Crippen LogP contribution in [-0.2, 0) is 0 Å². The lowest BCUT2D eigenvalue weighted by Crippen LogP contribution is -1.93. The molecule has 1 aromatic carbocycles. The van der Waals surface area contributed by atoms with E-state index in [-0.39, 0.29) is 0 Å². The Kier molecular flexibility index (Phi) is 3.28. The van der Waals surface area contributed by atoms with Crippen molar-refractivity contribution in [2.24, 2.45) is 0 Å². The van der Waals surface area contributed by atoms with E-state index in [1.165, 1.54) is 15.0 Å². The van der Waals surface area contributed by atoms with Crippen molar-refractivity contribution in [2.45, 2.75) is 13.0 Å². The lowest BCUT2D eigenvalue weighted by molar-refractivity contribution is 0.227. The van der Waals surface area contributed by atoms with Crippen LogP contribution >= 0.6 is 38.6 Å². The SMILES string of the molecule is Cc1cc(Br)c(C(O)c2cc3ccccc3s2)s1. The fourth-order valence-electron chi connectivity index (χ4n) is 1.95. The largest absolute Gasteiger partial charge is 0.382 e. The first-order valence-corrected chi connectivity index (χ1v) is 8.00. The van der Waals surface area contributed by atoms with Crippen LogP contribution in [0.5, 0.6) is 0 Å². The lowest BCUT2D eigenvalue weighted by Gasteiger charge is -2.06. The molecule has 92 valence electrons. The molecule has 0 spiro atoms. The predicted molar refractivity (Wildman–Crippen MR) is 82.6 cm³/mol. The first-order chi connectivity index (χ1) is 8.65. The van der Waals surface area contributed by atoms with Gasteiger partial charge in [-0.05, 0) is 46.4 Å². The molecule has 2 heterocycles. The number of aliphatic hydroxyl groups excluding tert-OH is 1. The van der Waals surface area contributed by atoms with E-state index < -0.39 is 6.10 Å². The summed E-state index contributed by atoms with van der Waals surface area (Å²) in [5.74, 6) is 0. The smallest absolute Gasteiger partial charge is 0.123 e. The standard InChI is InChI=1S/C14H11BrOS2/c1-8-6-10(15)14(17-8)13(16)12-7-9-4-2-3-5-11(9)18-12/h2-7,13,16H,1H3. The van der Waals surface area contributed by atoms with Gasteiger partial charge in [0.2, 0.25) is 0 Å². The van der Waals surface area contributed by atoms with Gasteiger partial charge in [-0.2, -0.15) is 0 Å². The monoisotopic (exact) mass is 338 g/mol. The Morgan fingerprint density at radius 2 is 1.94 bits per heavy atom. The molecule has 1 nitrogen and oxygen atoms in total. The molecule has 3 rings (SSSR count). The fourth-order valence-corrected chi connectivity index (χ4v) is 4.96. The molecule has 3 aromatic rings. The molecule has 0 fully saturated rings. The highest BCUT2D eigenvalue weighted by Crippen LogP contribution is 2.39. The summed E-state index contributed by atoms with van der Waals surface area (Å²) in [6.45, 7) is 2.05. The van der Waals surface area contributed by atoms with Gasteiger partial charge in [0, 0.05) is 18.9 Å². The number of aryl methyl sites for hydroxylation is 1. The van der Waals surface area contributed by atoms with E-state index >= 15 is 0 Å². The minimum absolute atomic E-state index is 0.532. The molecule has 0 amide bonds. The van der Waals surface area contributed by atoms with Crippen molar-refractivity contribution < 1.29 is 5.11 Å². The molecular weight excluding hydrogens is 328 g/mol. The third-order valence-electron chi connectivity index (χ3n) is 2.80. The predicted octanol–water partition coefficient (Wildman–Crippen LogP) is 5.12. The molecule has 1 N–H and O–H groups in total. The highest BCUT2D eigenvalue weighted by atomic mass is 79.9. The van der Waals surface area contributed by atoms with Crippen molar-refractivity contribution in [1.82, 2.24) is 0 Å². The van der Waals surface area contributed by atoms with Crippen molar-refractivity contribution in [3.05, 3.63) is 55.5 Å². The summed E-state index contributed by atoms with van der Waals surface area (Å²) in [5.41, 5.74) is 0. The number of hydrogen-bond acceptors (Lipinski definition) is 3. The molecule has 0 saturated carbocycles. The molecule has 0 aliphatic heterocycles. The maximum atomic E-state index is 10.5. The number of aliphatic hydroxyl groups is 1. The van der Waals surface area contributed by atoms with Crippen LogP contribution in [0.25, 0.3) is 10.1 Å². The highest BCUT2D eigenvalue weighted by Gasteiger charge is 2.18. The van der Waals surface area contributed by atoms with Crippen LogP contribution in [0.1, 0.15) is 20.7 Å². The van der Waals surface area contributed by atoms with Crippen molar-refractivity contribution in [3.63, 3.8) is 0 Å².